The van der Waals surface area contributed by atoms with Crippen molar-refractivity contribution in [1.82, 2.24) is 10.6 Å². The molecule has 0 saturated heterocycles. The summed E-state index contributed by atoms with van der Waals surface area (Å²) >= 11 is 1.53. The van der Waals surface area contributed by atoms with Gasteiger partial charge in [-0.15, -0.1) is 0 Å². The van der Waals surface area contributed by atoms with Crippen LogP contribution in [0.2, 0.25) is 0 Å². The van der Waals surface area contributed by atoms with Crippen LogP contribution in [-0.2, 0) is 14.4 Å². The van der Waals surface area contributed by atoms with Gasteiger partial charge in [-0.3, -0.25) is 9.59 Å². The number of aliphatic carboxylic acids is 1. The summed E-state index contributed by atoms with van der Waals surface area (Å²) in [7, 11) is 0. The second-order valence-electron chi connectivity index (χ2n) is 4.58. The molecule has 0 radical (unpaired) electrons. The Morgan fingerprint density at radius 2 is 2.00 bits per heavy atom. The molecule has 1 fully saturated rings. The Morgan fingerprint density at radius 3 is 2.53 bits per heavy atom. The number of nitrogens with one attached hydrogen (secondary N) is 2. The molecule has 0 aliphatic heterocycles. The normalized spacial score (nSPS) is 15.6. The fourth-order valence-electron chi connectivity index (χ4n) is 1.50. The van der Waals surface area contributed by atoms with E-state index in [1.165, 1.54) is 18.7 Å². The lowest BCUT2D eigenvalue weighted by molar-refractivity contribution is -0.141. The Morgan fingerprint density at radius 1 is 1.32 bits per heavy atom. The number of carbonyl (C=O) groups is 3. The van der Waals surface area contributed by atoms with Gasteiger partial charge in [0.1, 0.15) is 6.04 Å². The highest BCUT2D eigenvalue weighted by Gasteiger charge is 2.22. The van der Waals surface area contributed by atoms with Crippen LogP contribution in [0, 0.1) is 0 Å². The lowest BCUT2D eigenvalue weighted by Crippen LogP contribution is -2.39. The number of carbonyl (C=O) groups excluding carboxylic acids is 2. The molecule has 1 unspecified atom stereocenters. The highest BCUT2D eigenvalue weighted by molar-refractivity contribution is 7.99. The van der Waals surface area contributed by atoms with E-state index in [-0.39, 0.29) is 11.8 Å². The predicted molar refractivity (Wildman–Crippen MR) is 73.0 cm³/mol. The van der Waals surface area contributed by atoms with Gasteiger partial charge < -0.3 is 15.7 Å². The van der Waals surface area contributed by atoms with E-state index in [9.17, 15) is 14.4 Å². The Hall–Kier alpha value is -1.24. The minimum absolute atomic E-state index is 0.0617. The Labute approximate surface area is 116 Å². The fourth-order valence-corrected chi connectivity index (χ4v) is 2.43. The van der Waals surface area contributed by atoms with Crippen LogP contribution in [0.3, 0.4) is 0 Å². The molecule has 1 saturated carbocycles. The molecular formula is C12H20N2O4S. The SMILES string of the molecule is CC(=O)NC(CCSCCC(=O)NC1CC1)C(=O)O. The number of rotatable bonds is 9. The van der Waals surface area contributed by atoms with Crippen LogP contribution in [0.1, 0.15) is 32.6 Å². The zero-order chi connectivity index (χ0) is 14.3. The molecule has 0 aromatic heterocycles. The molecule has 108 valence electrons. The van der Waals surface area contributed by atoms with Crippen molar-refractivity contribution in [1.29, 1.82) is 0 Å². The highest BCUT2D eigenvalue weighted by Crippen LogP contribution is 2.18. The van der Waals surface area contributed by atoms with Crippen LogP contribution in [0.25, 0.3) is 0 Å². The van der Waals surface area contributed by atoms with Crippen LogP contribution < -0.4 is 10.6 Å². The number of amides is 2. The van der Waals surface area contributed by atoms with E-state index < -0.39 is 12.0 Å². The van der Waals surface area contributed by atoms with Crippen molar-refractivity contribution < 1.29 is 19.5 Å². The second kappa shape index (κ2) is 8.04. The maximum atomic E-state index is 11.4. The smallest absolute Gasteiger partial charge is 0.326 e. The van der Waals surface area contributed by atoms with E-state index in [2.05, 4.69) is 10.6 Å². The molecule has 0 spiro atoms. The summed E-state index contributed by atoms with van der Waals surface area (Å²) in [4.78, 5) is 33.0. The third kappa shape index (κ3) is 7.71. The van der Waals surface area contributed by atoms with Gasteiger partial charge in [-0.25, -0.2) is 4.79 Å². The van der Waals surface area contributed by atoms with Gasteiger partial charge >= 0.3 is 5.97 Å². The molecule has 3 N–H and O–H groups in total. The molecule has 6 nitrogen and oxygen atoms in total. The van der Waals surface area contributed by atoms with Crippen LogP contribution in [0.5, 0.6) is 0 Å². The molecule has 1 rings (SSSR count). The van der Waals surface area contributed by atoms with E-state index >= 15 is 0 Å². The zero-order valence-corrected chi connectivity index (χ0v) is 11.8. The number of carboxylic acid groups (broad SMARTS) is 1. The average Bonchev–Trinajstić information content (AvgIpc) is 3.10. The molecule has 1 aliphatic carbocycles. The standard InChI is InChI=1S/C12H20N2O4S/c1-8(15)13-10(12(17)18)4-6-19-7-5-11(16)14-9-2-3-9/h9-10H,2-7H2,1H3,(H,13,15)(H,14,16)(H,17,18). The molecule has 1 aliphatic rings. The molecule has 2 amide bonds. The predicted octanol–water partition coefficient (Wildman–Crippen LogP) is 0.368. The average molecular weight is 288 g/mol. The van der Waals surface area contributed by atoms with Crippen molar-refractivity contribution >= 4 is 29.5 Å². The van der Waals surface area contributed by atoms with Gasteiger partial charge in [-0.1, -0.05) is 0 Å². The molecule has 0 heterocycles. The van der Waals surface area contributed by atoms with E-state index in [0.29, 0.717) is 30.4 Å². The maximum absolute atomic E-state index is 11.4. The first kappa shape index (κ1) is 15.8. The number of hydrogen-bond acceptors (Lipinski definition) is 4. The Bertz CT molecular complexity index is 345. The summed E-state index contributed by atoms with van der Waals surface area (Å²) in [5, 5.41) is 14.2. The summed E-state index contributed by atoms with van der Waals surface area (Å²) in [6.07, 6.45) is 2.98. The van der Waals surface area contributed by atoms with E-state index in [1.54, 1.807) is 0 Å². The van der Waals surface area contributed by atoms with Gasteiger partial charge in [0.05, 0.1) is 0 Å². The first-order chi connectivity index (χ1) is 8.99. The van der Waals surface area contributed by atoms with Crippen molar-refractivity contribution in [2.45, 2.75) is 44.7 Å². The second-order valence-corrected chi connectivity index (χ2v) is 5.81. The molecule has 19 heavy (non-hydrogen) atoms. The Kier molecular flexibility index (Phi) is 6.69. The third-order valence-corrected chi connectivity index (χ3v) is 3.66. The Balaban J connectivity index is 2.05. The summed E-state index contributed by atoms with van der Waals surface area (Å²) in [5.74, 6) is -0.0334. The molecule has 0 aromatic carbocycles. The van der Waals surface area contributed by atoms with Crippen LogP contribution >= 0.6 is 11.8 Å². The van der Waals surface area contributed by atoms with Crippen molar-refractivity contribution in [2.75, 3.05) is 11.5 Å². The van der Waals surface area contributed by atoms with Gasteiger partial charge in [-0.2, -0.15) is 11.8 Å². The van der Waals surface area contributed by atoms with Crippen molar-refractivity contribution in [3.05, 3.63) is 0 Å². The van der Waals surface area contributed by atoms with Gasteiger partial charge in [-0.05, 0) is 25.0 Å². The van der Waals surface area contributed by atoms with Gasteiger partial charge in [0.25, 0.3) is 0 Å². The third-order valence-electron chi connectivity index (χ3n) is 2.64. The summed E-state index contributed by atoms with van der Waals surface area (Å²) < 4.78 is 0. The molecule has 1 atom stereocenters. The van der Waals surface area contributed by atoms with Gasteiger partial charge in [0.15, 0.2) is 0 Å². The van der Waals surface area contributed by atoms with E-state index in [1.807, 2.05) is 0 Å². The largest absolute Gasteiger partial charge is 0.480 e. The first-order valence-corrected chi connectivity index (χ1v) is 7.51. The number of thioether (sulfide) groups is 1. The minimum atomic E-state index is -1.03. The molecule has 0 aromatic rings. The summed E-state index contributed by atoms with van der Waals surface area (Å²) in [5.41, 5.74) is 0. The topological polar surface area (TPSA) is 95.5 Å². The molecule has 7 heteroatoms. The monoisotopic (exact) mass is 288 g/mol. The van der Waals surface area contributed by atoms with Gasteiger partial charge in [0.2, 0.25) is 11.8 Å². The van der Waals surface area contributed by atoms with Crippen LogP contribution in [-0.4, -0.2) is 46.5 Å². The summed E-state index contributed by atoms with van der Waals surface area (Å²) in [6, 6.07) is -0.459. The number of hydrogen-bond donors (Lipinski definition) is 3. The van der Waals surface area contributed by atoms with Gasteiger partial charge in [0, 0.05) is 25.1 Å². The molecular weight excluding hydrogens is 268 g/mol. The zero-order valence-electron chi connectivity index (χ0n) is 11.0. The molecule has 0 bridgehead atoms. The van der Waals surface area contributed by atoms with Crippen molar-refractivity contribution in [3.8, 4) is 0 Å². The van der Waals surface area contributed by atoms with Crippen LogP contribution in [0.15, 0.2) is 0 Å². The van der Waals surface area contributed by atoms with Crippen molar-refractivity contribution in [2.24, 2.45) is 0 Å². The first-order valence-electron chi connectivity index (χ1n) is 6.36. The highest BCUT2D eigenvalue weighted by atomic mass is 32.2. The number of carboxylic acids is 1. The lowest BCUT2D eigenvalue weighted by atomic mass is 10.2. The van der Waals surface area contributed by atoms with E-state index in [4.69, 9.17) is 5.11 Å². The lowest BCUT2D eigenvalue weighted by Gasteiger charge is -2.12. The van der Waals surface area contributed by atoms with E-state index in [0.717, 1.165) is 12.8 Å². The van der Waals surface area contributed by atoms with Crippen molar-refractivity contribution in [3.63, 3.8) is 0 Å². The quantitative estimate of drug-likeness (QED) is 0.533. The maximum Gasteiger partial charge on any atom is 0.326 e. The summed E-state index contributed by atoms with van der Waals surface area (Å²) in [6.45, 7) is 1.30. The fraction of sp³-hybridized carbons (Fsp3) is 0.750. The van der Waals surface area contributed by atoms with Crippen LogP contribution in [0.4, 0.5) is 0 Å². The minimum Gasteiger partial charge on any atom is -0.480 e.